The van der Waals surface area contributed by atoms with E-state index < -0.39 is 40.7 Å². The van der Waals surface area contributed by atoms with Crippen molar-refractivity contribution < 1.29 is 42.5 Å². The predicted octanol–water partition coefficient (Wildman–Crippen LogP) is 1.02. The lowest BCUT2D eigenvalue weighted by atomic mass is 10.2. The van der Waals surface area contributed by atoms with E-state index in [0.717, 1.165) is 0 Å². The molecule has 17 heteroatoms. The van der Waals surface area contributed by atoms with Crippen molar-refractivity contribution >= 4 is 44.4 Å². The number of phosphoric acid groups is 2. The molecule has 3 heterocycles. The second kappa shape index (κ2) is 9.63. The van der Waals surface area contributed by atoms with Gasteiger partial charge in [0, 0.05) is 19.2 Å². The Morgan fingerprint density at radius 3 is 2.71 bits per heavy atom. The fourth-order valence-electron chi connectivity index (χ4n) is 2.96. The molecule has 5 N–H and O–H groups in total. The highest BCUT2D eigenvalue weighted by Gasteiger charge is 2.42. The van der Waals surface area contributed by atoms with E-state index in [9.17, 15) is 18.9 Å². The second-order valence-electron chi connectivity index (χ2n) is 6.31. The molecular weight excluding hydrogens is 476 g/mol. The molecule has 0 saturated carbocycles. The smallest absolute Gasteiger partial charge is 0.371 e. The summed E-state index contributed by atoms with van der Waals surface area (Å²) in [7, 11) is -8.06. The highest BCUT2D eigenvalue weighted by atomic mass is 32.2. The number of anilines is 1. The Hall–Kier alpha value is -1.38. The van der Waals surface area contributed by atoms with Gasteiger partial charge in [0.25, 0.3) is 0 Å². The third kappa shape index (κ3) is 6.33. The van der Waals surface area contributed by atoms with Gasteiger partial charge >= 0.3 is 15.6 Å². The van der Waals surface area contributed by atoms with Crippen LogP contribution in [-0.2, 0) is 22.9 Å². The minimum absolute atomic E-state index is 0.0558. The Labute approximate surface area is 180 Å². The fourth-order valence-corrected chi connectivity index (χ4v) is 4.45. The van der Waals surface area contributed by atoms with Crippen LogP contribution in [0.3, 0.4) is 0 Å². The maximum atomic E-state index is 11.3. The Morgan fingerprint density at radius 2 is 2.10 bits per heavy atom. The summed E-state index contributed by atoms with van der Waals surface area (Å²) in [4.78, 5) is 49.4. The van der Waals surface area contributed by atoms with Crippen molar-refractivity contribution in [3.8, 4) is 0 Å². The van der Waals surface area contributed by atoms with E-state index in [4.69, 9.17) is 19.0 Å². The molecule has 0 aromatic carbocycles. The van der Waals surface area contributed by atoms with Crippen LogP contribution in [0.2, 0.25) is 0 Å². The summed E-state index contributed by atoms with van der Waals surface area (Å²) < 4.78 is 38.8. The van der Waals surface area contributed by atoms with Crippen LogP contribution in [0.25, 0.3) is 11.2 Å². The van der Waals surface area contributed by atoms with Gasteiger partial charge in [-0.1, -0.05) is 17.8 Å². The molecule has 0 radical (unpaired) electrons. The van der Waals surface area contributed by atoms with Gasteiger partial charge in [0.15, 0.2) is 22.1 Å². The molecule has 1 saturated heterocycles. The zero-order chi connectivity index (χ0) is 22.8. The van der Waals surface area contributed by atoms with Crippen molar-refractivity contribution in [3.63, 3.8) is 0 Å². The Bertz CT molecular complexity index is 1040. The number of hydrogen-bond acceptors (Lipinski definition) is 10. The highest BCUT2D eigenvalue weighted by Crippen LogP contribution is 2.45. The first-order valence-corrected chi connectivity index (χ1v) is 12.8. The third-order valence-electron chi connectivity index (χ3n) is 4.14. The van der Waals surface area contributed by atoms with Crippen LogP contribution in [0, 0.1) is 0 Å². The number of nitrogens with one attached hydrogen (secondary N) is 1. The van der Waals surface area contributed by atoms with Gasteiger partial charge in [-0.25, -0.2) is 24.1 Å². The Kier molecular flexibility index (Phi) is 7.54. The van der Waals surface area contributed by atoms with E-state index in [0.29, 0.717) is 27.9 Å². The molecular formula is C14H21N5O9P2S. The number of nitrogens with zero attached hydrogens (tertiary/aromatic N) is 4. The standard InChI is InChI=1S/C14H21N5O9P2S/c1-3-4-31-14-17-12(15-2)11-13(18-14)19(7-16-11)10-5-8(28-30(23,24)25)9(27-10)6-26-29(20,21)22/h3,7-10H,1,4-6H2,2H3,(H,15,17,18)(H2,20,21,22)(H2,23,24,25). The number of phosphoric ester groups is 2. The van der Waals surface area contributed by atoms with Crippen LogP contribution < -0.4 is 5.32 Å². The summed E-state index contributed by atoms with van der Waals surface area (Å²) in [5.74, 6) is 1.04. The van der Waals surface area contributed by atoms with Gasteiger partial charge < -0.3 is 29.6 Å². The minimum atomic E-state index is -4.90. The van der Waals surface area contributed by atoms with Crippen LogP contribution in [0.5, 0.6) is 0 Å². The van der Waals surface area contributed by atoms with Gasteiger partial charge in [0.1, 0.15) is 18.4 Å². The van der Waals surface area contributed by atoms with Gasteiger partial charge in [-0.05, 0) is 0 Å². The van der Waals surface area contributed by atoms with Gasteiger partial charge in [-0.2, -0.15) is 0 Å². The van der Waals surface area contributed by atoms with Crippen molar-refractivity contribution in [1.82, 2.24) is 19.5 Å². The zero-order valence-corrected chi connectivity index (χ0v) is 18.7. The molecule has 0 spiro atoms. The number of fused-ring (bicyclic) bond motifs is 1. The molecule has 1 aliphatic heterocycles. The fraction of sp³-hybridized carbons (Fsp3) is 0.500. The number of thioether (sulfide) groups is 1. The van der Waals surface area contributed by atoms with Crippen molar-refractivity contribution in [1.29, 1.82) is 0 Å². The number of rotatable bonds is 10. The molecule has 172 valence electrons. The first kappa shape index (κ1) is 24.3. The lowest BCUT2D eigenvalue weighted by molar-refractivity contribution is -0.0417. The van der Waals surface area contributed by atoms with E-state index in [1.807, 2.05) is 0 Å². The van der Waals surface area contributed by atoms with Crippen LogP contribution in [-0.4, -0.2) is 70.7 Å². The molecule has 3 rings (SSSR count). The minimum Gasteiger partial charge on any atom is -0.371 e. The summed E-state index contributed by atoms with van der Waals surface area (Å²) in [6.07, 6.45) is -0.140. The van der Waals surface area contributed by atoms with Gasteiger partial charge in [0.2, 0.25) is 0 Å². The largest absolute Gasteiger partial charge is 0.469 e. The third-order valence-corrected chi connectivity index (χ3v) is 6.01. The quantitative estimate of drug-likeness (QED) is 0.135. The first-order valence-electron chi connectivity index (χ1n) is 8.76. The second-order valence-corrected chi connectivity index (χ2v) is 9.73. The topological polar surface area (TPSA) is 198 Å². The molecule has 14 nitrogen and oxygen atoms in total. The molecule has 2 aromatic heterocycles. The van der Waals surface area contributed by atoms with Gasteiger partial charge in [-0.3, -0.25) is 13.6 Å². The lowest BCUT2D eigenvalue weighted by Crippen LogP contribution is -2.28. The molecule has 2 aromatic rings. The Morgan fingerprint density at radius 1 is 1.35 bits per heavy atom. The van der Waals surface area contributed by atoms with Gasteiger partial charge in [-0.15, -0.1) is 6.58 Å². The summed E-state index contributed by atoms with van der Waals surface area (Å²) in [5, 5.41) is 3.38. The van der Waals surface area contributed by atoms with Crippen molar-refractivity contribution in [3.05, 3.63) is 19.0 Å². The molecule has 0 aliphatic carbocycles. The number of aromatic nitrogens is 4. The molecule has 3 unspecified atom stereocenters. The average molecular weight is 497 g/mol. The molecule has 1 aliphatic rings. The molecule has 0 amide bonds. The van der Waals surface area contributed by atoms with Crippen LogP contribution >= 0.6 is 27.4 Å². The van der Waals surface area contributed by atoms with Crippen LogP contribution in [0.1, 0.15) is 12.6 Å². The van der Waals surface area contributed by atoms with Gasteiger partial charge in [0.05, 0.1) is 12.9 Å². The van der Waals surface area contributed by atoms with Crippen LogP contribution in [0.4, 0.5) is 5.82 Å². The monoisotopic (exact) mass is 497 g/mol. The van der Waals surface area contributed by atoms with Crippen molar-refractivity contribution in [2.45, 2.75) is 30.0 Å². The number of hydrogen-bond donors (Lipinski definition) is 5. The van der Waals surface area contributed by atoms with E-state index in [1.54, 1.807) is 13.1 Å². The molecule has 1 fully saturated rings. The summed E-state index contributed by atoms with van der Waals surface area (Å²) in [6, 6.07) is 0. The van der Waals surface area contributed by atoms with E-state index in [2.05, 4.69) is 31.4 Å². The number of ether oxygens (including phenoxy) is 1. The predicted molar refractivity (Wildman–Crippen MR) is 109 cm³/mol. The summed E-state index contributed by atoms with van der Waals surface area (Å²) >= 11 is 1.34. The normalized spacial score (nSPS) is 22.2. The van der Waals surface area contributed by atoms with E-state index in [-0.39, 0.29) is 6.42 Å². The molecule has 3 atom stereocenters. The van der Waals surface area contributed by atoms with Crippen molar-refractivity contribution in [2.24, 2.45) is 0 Å². The maximum Gasteiger partial charge on any atom is 0.469 e. The van der Waals surface area contributed by atoms with Crippen molar-refractivity contribution in [2.75, 3.05) is 24.7 Å². The molecule has 31 heavy (non-hydrogen) atoms. The van der Waals surface area contributed by atoms with E-state index in [1.165, 1.54) is 22.7 Å². The SMILES string of the molecule is C=CCSc1nc(NC)c2ncn(C3CC(OP(=O)(O)O)C(COP(=O)(O)O)O3)c2n1. The van der Waals surface area contributed by atoms with E-state index >= 15 is 0 Å². The summed E-state index contributed by atoms with van der Waals surface area (Å²) in [6.45, 7) is 3.01. The summed E-state index contributed by atoms with van der Waals surface area (Å²) in [5.41, 5.74) is 0.832. The first-order chi connectivity index (χ1) is 14.5. The highest BCUT2D eigenvalue weighted by molar-refractivity contribution is 7.99. The maximum absolute atomic E-state index is 11.3. The van der Waals surface area contributed by atoms with Crippen LogP contribution in [0.15, 0.2) is 24.1 Å². The Balaban J connectivity index is 1.92. The molecule has 0 bridgehead atoms. The lowest BCUT2D eigenvalue weighted by Gasteiger charge is -2.19. The number of imidazole rings is 1. The zero-order valence-electron chi connectivity index (χ0n) is 16.1. The average Bonchev–Trinajstić information content (AvgIpc) is 3.25.